The fourth-order valence-corrected chi connectivity index (χ4v) is 3.07. The van der Waals surface area contributed by atoms with Crippen LogP contribution in [-0.2, 0) is 6.54 Å². The highest BCUT2D eigenvalue weighted by Crippen LogP contribution is 2.40. The maximum Gasteiger partial charge on any atom is 0.0361 e. The van der Waals surface area contributed by atoms with E-state index < -0.39 is 0 Å². The van der Waals surface area contributed by atoms with Gasteiger partial charge in [-0.15, -0.1) is 0 Å². The first-order valence-electron chi connectivity index (χ1n) is 6.65. The third-order valence-electron chi connectivity index (χ3n) is 3.34. The van der Waals surface area contributed by atoms with Crippen LogP contribution in [0.5, 0.6) is 0 Å². The van der Waals surface area contributed by atoms with Crippen molar-refractivity contribution in [3.8, 4) is 0 Å². The van der Waals surface area contributed by atoms with Gasteiger partial charge in [-0.05, 0) is 42.7 Å². The third-order valence-corrected chi connectivity index (χ3v) is 4.42. The Morgan fingerprint density at radius 3 is 2.82 bits per heavy atom. The Labute approximate surface area is 109 Å². The van der Waals surface area contributed by atoms with E-state index in [1.807, 2.05) is 11.8 Å². The van der Waals surface area contributed by atoms with Crippen molar-refractivity contribution in [2.24, 2.45) is 5.92 Å². The molecule has 1 fully saturated rings. The Kier molecular flexibility index (Phi) is 4.57. The smallest absolute Gasteiger partial charge is 0.0361 e. The Bertz CT molecular complexity index is 342. The molecule has 1 aliphatic carbocycles. The lowest BCUT2D eigenvalue weighted by molar-refractivity contribution is 0.528. The van der Waals surface area contributed by atoms with Crippen LogP contribution in [0.2, 0.25) is 0 Å². The molecule has 1 N–H and O–H groups in total. The summed E-state index contributed by atoms with van der Waals surface area (Å²) < 4.78 is 2.33. The highest BCUT2D eigenvalue weighted by molar-refractivity contribution is 7.99. The normalized spacial score (nSPS) is 17.6. The van der Waals surface area contributed by atoms with Gasteiger partial charge in [-0.25, -0.2) is 0 Å². The quantitative estimate of drug-likeness (QED) is 0.802. The summed E-state index contributed by atoms with van der Waals surface area (Å²) in [6, 6.07) is 2.86. The molecule has 1 saturated carbocycles. The number of nitrogens with one attached hydrogen (secondary N) is 1. The molecule has 0 aliphatic heterocycles. The van der Waals surface area contributed by atoms with Crippen molar-refractivity contribution < 1.29 is 0 Å². The first-order valence-corrected chi connectivity index (χ1v) is 7.70. The van der Waals surface area contributed by atoms with Gasteiger partial charge in [0.1, 0.15) is 0 Å². The van der Waals surface area contributed by atoms with Crippen LogP contribution < -0.4 is 5.32 Å². The topological polar surface area (TPSA) is 17.0 Å². The van der Waals surface area contributed by atoms with E-state index in [9.17, 15) is 0 Å². The van der Waals surface area contributed by atoms with Crippen LogP contribution in [0.1, 0.15) is 38.3 Å². The zero-order valence-electron chi connectivity index (χ0n) is 11.1. The number of aryl methyl sites for hydroxylation is 1. The molecule has 0 bridgehead atoms. The zero-order chi connectivity index (χ0) is 12.3. The molecule has 0 saturated heterocycles. The molecule has 0 amide bonds. The predicted octanol–water partition coefficient (Wildman–Crippen LogP) is 3.30. The summed E-state index contributed by atoms with van der Waals surface area (Å²) in [7, 11) is 2.08. The molecule has 0 aromatic carbocycles. The van der Waals surface area contributed by atoms with Gasteiger partial charge >= 0.3 is 0 Å². The number of aromatic nitrogens is 1. The molecule has 17 heavy (non-hydrogen) atoms. The van der Waals surface area contributed by atoms with Crippen LogP contribution in [0.25, 0.3) is 0 Å². The summed E-state index contributed by atoms with van der Waals surface area (Å²) in [4.78, 5) is 0. The number of nitrogens with zero attached hydrogens (tertiary/aromatic N) is 1. The van der Waals surface area contributed by atoms with Crippen molar-refractivity contribution in [1.29, 1.82) is 0 Å². The van der Waals surface area contributed by atoms with Gasteiger partial charge in [0.2, 0.25) is 0 Å². The number of thioether (sulfide) groups is 1. The van der Waals surface area contributed by atoms with Crippen LogP contribution in [0.15, 0.2) is 18.5 Å². The van der Waals surface area contributed by atoms with Gasteiger partial charge in [0.05, 0.1) is 0 Å². The fraction of sp³-hybridized carbons (Fsp3) is 0.714. The van der Waals surface area contributed by atoms with Crippen LogP contribution >= 0.6 is 11.8 Å². The molecule has 1 unspecified atom stereocenters. The van der Waals surface area contributed by atoms with E-state index >= 15 is 0 Å². The van der Waals surface area contributed by atoms with Gasteiger partial charge in [-0.3, -0.25) is 0 Å². The Balaban J connectivity index is 1.86. The van der Waals surface area contributed by atoms with E-state index in [0.717, 1.165) is 17.7 Å². The summed E-state index contributed by atoms with van der Waals surface area (Å²) >= 11 is 2.03. The summed E-state index contributed by atoms with van der Waals surface area (Å²) in [5.74, 6) is 2.08. The Hall–Kier alpha value is -0.410. The van der Waals surface area contributed by atoms with Gasteiger partial charge in [-0.1, -0.05) is 13.8 Å². The molecule has 3 heteroatoms. The number of hydrogen-bond acceptors (Lipinski definition) is 2. The van der Waals surface area contributed by atoms with E-state index in [-0.39, 0.29) is 0 Å². The van der Waals surface area contributed by atoms with Crippen LogP contribution in [0, 0.1) is 5.92 Å². The predicted molar refractivity (Wildman–Crippen MR) is 76.6 cm³/mol. The lowest BCUT2D eigenvalue weighted by atomic mass is 10.1. The van der Waals surface area contributed by atoms with Gasteiger partial charge < -0.3 is 9.88 Å². The zero-order valence-corrected chi connectivity index (χ0v) is 12.0. The SMILES string of the molecule is CNC(c1ccn(CCSC(C)C)c1)C1CC1. The second kappa shape index (κ2) is 5.96. The van der Waals surface area contributed by atoms with Crippen molar-refractivity contribution in [1.82, 2.24) is 9.88 Å². The van der Waals surface area contributed by atoms with Crippen LogP contribution in [-0.4, -0.2) is 22.6 Å². The number of rotatable bonds is 7. The molecule has 96 valence electrons. The lowest BCUT2D eigenvalue weighted by Gasteiger charge is -2.13. The molecule has 1 heterocycles. The second-order valence-corrected chi connectivity index (χ2v) is 6.89. The van der Waals surface area contributed by atoms with Crippen molar-refractivity contribution in [2.75, 3.05) is 12.8 Å². The van der Waals surface area contributed by atoms with E-state index in [2.05, 4.69) is 49.2 Å². The maximum absolute atomic E-state index is 3.45. The Morgan fingerprint density at radius 2 is 2.24 bits per heavy atom. The molecule has 1 aromatic heterocycles. The van der Waals surface area contributed by atoms with Crippen molar-refractivity contribution >= 4 is 11.8 Å². The van der Waals surface area contributed by atoms with Crippen molar-refractivity contribution in [2.45, 2.75) is 44.5 Å². The molecule has 1 aliphatic rings. The molecule has 1 atom stereocenters. The largest absolute Gasteiger partial charge is 0.353 e. The summed E-state index contributed by atoms with van der Waals surface area (Å²) in [6.45, 7) is 5.65. The molecule has 0 spiro atoms. The van der Waals surface area contributed by atoms with E-state index in [1.165, 1.54) is 24.2 Å². The van der Waals surface area contributed by atoms with E-state index in [1.54, 1.807) is 0 Å². The summed E-state index contributed by atoms with van der Waals surface area (Å²) in [6.07, 6.45) is 7.32. The van der Waals surface area contributed by atoms with Gasteiger partial charge in [0.25, 0.3) is 0 Å². The first kappa shape index (κ1) is 13.0. The maximum atomic E-state index is 3.45. The average Bonchev–Trinajstić information content (AvgIpc) is 3.00. The monoisotopic (exact) mass is 252 g/mol. The Morgan fingerprint density at radius 1 is 1.47 bits per heavy atom. The molecule has 2 rings (SSSR count). The summed E-state index contributed by atoms with van der Waals surface area (Å²) in [5.41, 5.74) is 1.46. The first-order chi connectivity index (χ1) is 8.20. The third kappa shape index (κ3) is 3.78. The highest BCUT2D eigenvalue weighted by atomic mass is 32.2. The molecule has 2 nitrogen and oxygen atoms in total. The van der Waals surface area contributed by atoms with E-state index in [0.29, 0.717) is 6.04 Å². The van der Waals surface area contributed by atoms with Gasteiger partial charge in [0, 0.05) is 30.7 Å². The standard InChI is InChI=1S/C14H24N2S/c1-11(2)17-9-8-16-7-6-13(10-16)14(15-3)12-4-5-12/h6-7,10-12,14-15H,4-5,8-9H2,1-3H3. The number of hydrogen-bond donors (Lipinski definition) is 1. The minimum atomic E-state index is 0.578. The summed E-state index contributed by atoms with van der Waals surface area (Å²) in [5, 5.41) is 4.19. The molecule has 1 aromatic rings. The lowest BCUT2D eigenvalue weighted by Crippen LogP contribution is -2.17. The van der Waals surface area contributed by atoms with Crippen molar-refractivity contribution in [3.05, 3.63) is 24.0 Å². The minimum Gasteiger partial charge on any atom is -0.353 e. The van der Waals surface area contributed by atoms with E-state index in [4.69, 9.17) is 0 Å². The van der Waals surface area contributed by atoms with Gasteiger partial charge in [0.15, 0.2) is 0 Å². The van der Waals surface area contributed by atoms with Crippen molar-refractivity contribution in [3.63, 3.8) is 0 Å². The van der Waals surface area contributed by atoms with Gasteiger partial charge in [-0.2, -0.15) is 11.8 Å². The minimum absolute atomic E-state index is 0.578. The second-order valence-electron chi connectivity index (χ2n) is 5.21. The molecular weight excluding hydrogens is 228 g/mol. The molecule has 0 radical (unpaired) electrons. The van der Waals surface area contributed by atoms with Crippen LogP contribution in [0.3, 0.4) is 0 Å². The highest BCUT2D eigenvalue weighted by Gasteiger charge is 2.31. The average molecular weight is 252 g/mol. The van der Waals surface area contributed by atoms with Crippen LogP contribution in [0.4, 0.5) is 0 Å². The fourth-order valence-electron chi connectivity index (χ4n) is 2.28. The molecular formula is C14H24N2S.